The van der Waals surface area contributed by atoms with Crippen molar-refractivity contribution in [1.82, 2.24) is 15.0 Å². The van der Waals surface area contributed by atoms with E-state index < -0.39 is 0 Å². The fourth-order valence-corrected chi connectivity index (χ4v) is 3.43. The largest absolute Gasteiger partial charge is 0.372 e. The predicted octanol–water partition coefficient (Wildman–Crippen LogP) is 3.62. The van der Waals surface area contributed by atoms with Crippen LogP contribution < -0.4 is 15.5 Å². The molecule has 0 saturated carbocycles. The average Bonchev–Trinajstić information content (AvgIpc) is 2.76. The number of carbonyl (C=O) groups is 1. The van der Waals surface area contributed by atoms with E-state index in [2.05, 4.69) is 25.6 Å². The van der Waals surface area contributed by atoms with Gasteiger partial charge in [0.25, 0.3) is 5.91 Å². The number of hydrogen-bond acceptors (Lipinski definition) is 7. The molecule has 2 atom stereocenters. The van der Waals surface area contributed by atoms with Gasteiger partial charge >= 0.3 is 0 Å². The number of ether oxygens (including phenoxy) is 1. The van der Waals surface area contributed by atoms with Crippen molar-refractivity contribution in [2.24, 2.45) is 0 Å². The molecule has 0 radical (unpaired) electrons. The number of amides is 1. The molecule has 160 valence electrons. The number of carbonyl (C=O) groups excluding carboxylic acids is 1. The number of halogens is 1. The van der Waals surface area contributed by atoms with Gasteiger partial charge in [0.1, 0.15) is 5.82 Å². The molecule has 1 aliphatic rings. The van der Waals surface area contributed by atoms with E-state index in [0.717, 1.165) is 0 Å². The minimum Gasteiger partial charge on any atom is -0.372 e. The van der Waals surface area contributed by atoms with Gasteiger partial charge in [0.15, 0.2) is 0 Å². The first kappa shape index (κ1) is 20.7. The zero-order valence-electron chi connectivity index (χ0n) is 17.2. The van der Waals surface area contributed by atoms with Gasteiger partial charge in [-0.15, -0.1) is 0 Å². The second kappa shape index (κ2) is 9.05. The molecular weight excluding hydrogens is 399 g/mol. The van der Waals surface area contributed by atoms with Crippen LogP contribution in [-0.4, -0.2) is 46.2 Å². The number of rotatable bonds is 5. The number of aromatic nitrogens is 3. The maximum absolute atomic E-state index is 13.1. The smallest absolute Gasteiger partial charge is 0.258 e. The number of pyridine rings is 1. The molecule has 1 saturated heterocycles. The Balaban J connectivity index is 1.45. The zero-order chi connectivity index (χ0) is 21.8. The standard InChI is InChI=1S/C22H23FN6O2/c1-14-12-29(13-15(2)31-14)22-25-9-16(10-26-22)21(30)28-19-7-8-24-11-20(19)27-18-5-3-17(23)4-6-18/h3-11,14-15,27H,12-13H2,1-2H3,(H,24,28,30)/t14-,15+. The van der Waals surface area contributed by atoms with Gasteiger partial charge in [-0.2, -0.15) is 0 Å². The molecule has 3 heterocycles. The quantitative estimate of drug-likeness (QED) is 0.649. The highest BCUT2D eigenvalue weighted by atomic mass is 19.1. The van der Waals surface area contributed by atoms with E-state index in [4.69, 9.17) is 4.74 Å². The highest BCUT2D eigenvalue weighted by molar-refractivity contribution is 6.05. The third kappa shape index (κ3) is 5.13. The maximum atomic E-state index is 13.1. The Morgan fingerprint density at radius 3 is 2.39 bits per heavy atom. The minimum atomic E-state index is -0.344. The number of nitrogens with one attached hydrogen (secondary N) is 2. The van der Waals surface area contributed by atoms with E-state index >= 15 is 0 Å². The molecule has 9 heteroatoms. The van der Waals surface area contributed by atoms with Crippen LogP contribution in [0, 0.1) is 5.82 Å². The van der Waals surface area contributed by atoms with E-state index in [1.165, 1.54) is 24.5 Å². The summed E-state index contributed by atoms with van der Waals surface area (Å²) < 4.78 is 18.9. The summed E-state index contributed by atoms with van der Waals surface area (Å²) in [5.74, 6) is -0.0977. The number of benzene rings is 1. The van der Waals surface area contributed by atoms with Crippen LogP contribution in [-0.2, 0) is 4.74 Å². The Morgan fingerprint density at radius 1 is 1.03 bits per heavy atom. The molecule has 8 nitrogen and oxygen atoms in total. The normalized spacial score (nSPS) is 18.5. The van der Waals surface area contributed by atoms with Gasteiger partial charge in [0.05, 0.1) is 35.3 Å². The molecule has 0 aliphatic carbocycles. The highest BCUT2D eigenvalue weighted by Crippen LogP contribution is 2.25. The third-order valence-corrected chi connectivity index (χ3v) is 4.80. The lowest BCUT2D eigenvalue weighted by atomic mass is 10.2. The molecule has 1 fully saturated rings. The van der Waals surface area contributed by atoms with Crippen LogP contribution in [0.15, 0.2) is 55.1 Å². The van der Waals surface area contributed by atoms with Crippen molar-refractivity contribution in [3.8, 4) is 0 Å². The average molecular weight is 422 g/mol. The summed E-state index contributed by atoms with van der Waals surface area (Å²) in [5.41, 5.74) is 2.12. The minimum absolute atomic E-state index is 0.0917. The topological polar surface area (TPSA) is 92.3 Å². The molecule has 0 bridgehead atoms. The lowest BCUT2D eigenvalue weighted by Crippen LogP contribution is -2.46. The van der Waals surface area contributed by atoms with E-state index in [9.17, 15) is 9.18 Å². The van der Waals surface area contributed by atoms with Crippen LogP contribution >= 0.6 is 0 Å². The Labute approximate surface area is 179 Å². The van der Waals surface area contributed by atoms with Gasteiger partial charge in [-0.05, 0) is 44.2 Å². The van der Waals surface area contributed by atoms with Gasteiger partial charge in [-0.25, -0.2) is 14.4 Å². The summed E-state index contributed by atoms with van der Waals surface area (Å²) in [4.78, 5) is 27.6. The van der Waals surface area contributed by atoms with Crippen LogP contribution in [0.5, 0.6) is 0 Å². The van der Waals surface area contributed by atoms with E-state index in [1.807, 2.05) is 18.7 Å². The maximum Gasteiger partial charge on any atom is 0.258 e. The number of morpholine rings is 1. The van der Waals surface area contributed by atoms with Gasteiger partial charge in [-0.3, -0.25) is 9.78 Å². The van der Waals surface area contributed by atoms with E-state index in [0.29, 0.717) is 41.7 Å². The van der Waals surface area contributed by atoms with Crippen molar-refractivity contribution in [2.45, 2.75) is 26.1 Å². The monoisotopic (exact) mass is 422 g/mol. The van der Waals surface area contributed by atoms with Crippen LogP contribution in [0.3, 0.4) is 0 Å². The third-order valence-electron chi connectivity index (χ3n) is 4.80. The van der Waals surface area contributed by atoms with Crippen LogP contribution in [0.1, 0.15) is 24.2 Å². The van der Waals surface area contributed by atoms with Crippen LogP contribution in [0.4, 0.5) is 27.4 Å². The molecular formula is C22H23FN6O2. The Kier molecular flexibility index (Phi) is 6.03. The van der Waals surface area contributed by atoms with Gasteiger partial charge < -0.3 is 20.3 Å². The number of anilines is 4. The summed E-state index contributed by atoms with van der Waals surface area (Å²) in [7, 11) is 0. The SMILES string of the molecule is C[C@@H]1CN(c2ncc(C(=O)Nc3ccncc3Nc3ccc(F)cc3)cn2)C[C@H](C)O1. The van der Waals surface area contributed by atoms with Gasteiger partial charge in [-0.1, -0.05) is 0 Å². The number of nitrogens with zero attached hydrogens (tertiary/aromatic N) is 4. The van der Waals surface area contributed by atoms with Crippen molar-refractivity contribution >= 4 is 28.9 Å². The molecule has 3 aromatic rings. The Bertz CT molecular complexity index is 1030. The molecule has 1 aliphatic heterocycles. The number of hydrogen-bond donors (Lipinski definition) is 2. The van der Waals surface area contributed by atoms with E-state index in [-0.39, 0.29) is 23.9 Å². The molecule has 2 N–H and O–H groups in total. The van der Waals surface area contributed by atoms with Crippen LogP contribution in [0.2, 0.25) is 0 Å². The first-order chi connectivity index (χ1) is 15.0. The van der Waals surface area contributed by atoms with E-state index in [1.54, 1.807) is 30.6 Å². The first-order valence-electron chi connectivity index (χ1n) is 9.98. The van der Waals surface area contributed by atoms with Crippen molar-refractivity contribution in [3.63, 3.8) is 0 Å². The molecule has 1 amide bonds. The molecule has 2 aromatic heterocycles. The Morgan fingerprint density at radius 2 is 1.71 bits per heavy atom. The lowest BCUT2D eigenvalue weighted by molar-refractivity contribution is -0.00572. The van der Waals surface area contributed by atoms with Crippen LogP contribution in [0.25, 0.3) is 0 Å². The summed E-state index contributed by atoms with van der Waals surface area (Å²) in [6, 6.07) is 7.59. The summed E-state index contributed by atoms with van der Waals surface area (Å²) in [5, 5.41) is 5.97. The molecule has 1 aromatic carbocycles. The fraction of sp³-hybridized carbons (Fsp3) is 0.273. The summed E-state index contributed by atoms with van der Waals surface area (Å²) in [6.07, 6.45) is 6.36. The summed E-state index contributed by atoms with van der Waals surface area (Å²) in [6.45, 7) is 5.42. The van der Waals surface area contributed by atoms with Gasteiger partial charge in [0.2, 0.25) is 5.95 Å². The first-order valence-corrected chi connectivity index (χ1v) is 9.98. The van der Waals surface area contributed by atoms with Crippen molar-refractivity contribution in [3.05, 3.63) is 66.5 Å². The Hall–Kier alpha value is -3.59. The zero-order valence-corrected chi connectivity index (χ0v) is 17.2. The van der Waals surface area contributed by atoms with Crippen molar-refractivity contribution < 1.29 is 13.9 Å². The fourth-order valence-electron chi connectivity index (χ4n) is 3.43. The molecule has 31 heavy (non-hydrogen) atoms. The molecule has 4 rings (SSSR count). The second-order valence-corrected chi connectivity index (χ2v) is 7.44. The van der Waals surface area contributed by atoms with Gasteiger partial charge in [0, 0.05) is 37.4 Å². The van der Waals surface area contributed by atoms with Crippen molar-refractivity contribution in [2.75, 3.05) is 28.6 Å². The molecule has 0 spiro atoms. The lowest BCUT2D eigenvalue weighted by Gasteiger charge is -2.35. The second-order valence-electron chi connectivity index (χ2n) is 7.44. The summed E-state index contributed by atoms with van der Waals surface area (Å²) >= 11 is 0. The van der Waals surface area contributed by atoms with Crippen molar-refractivity contribution in [1.29, 1.82) is 0 Å². The highest BCUT2D eigenvalue weighted by Gasteiger charge is 2.24. The predicted molar refractivity (Wildman–Crippen MR) is 116 cm³/mol. The molecule has 0 unspecified atom stereocenters.